The number of ether oxygens (including phenoxy) is 1. The third-order valence-corrected chi connectivity index (χ3v) is 8.44. The van der Waals surface area contributed by atoms with Gasteiger partial charge in [0, 0.05) is 43.8 Å². The Balaban J connectivity index is 1.27. The molecule has 1 amide bonds. The first kappa shape index (κ1) is 27.0. The molecule has 204 valence electrons. The van der Waals surface area contributed by atoms with E-state index < -0.39 is 15.6 Å². The molecule has 1 fully saturated rings. The second-order valence-corrected chi connectivity index (χ2v) is 12.7. The van der Waals surface area contributed by atoms with Gasteiger partial charge in [-0.15, -0.1) is 0 Å². The van der Waals surface area contributed by atoms with Gasteiger partial charge in [0.05, 0.1) is 4.90 Å². The van der Waals surface area contributed by atoms with Gasteiger partial charge in [-0.1, -0.05) is 60.7 Å². The summed E-state index contributed by atoms with van der Waals surface area (Å²) < 4.78 is 34.3. The van der Waals surface area contributed by atoms with Gasteiger partial charge in [0.15, 0.2) is 0 Å². The summed E-state index contributed by atoms with van der Waals surface area (Å²) in [5, 5.41) is 4.13. The van der Waals surface area contributed by atoms with E-state index in [0.717, 1.165) is 32.8 Å². The molecule has 1 saturated heterocycles. The number of piperazine rings is 1. The van der Waals surface area contributed by atoms with Crippen LogP contribution in [0.15, 0.2) is 83.8 Å². The van der Waals surface area contributed by atoms with E-state index in [9.17, 15) is 13.2 Å². The van der Waals surface area contributed by atoms with E-state index in [1.165, 1.54) is 0 Å². The molecule has 39 heavy (non-hydrogen) atoms. The number of fused-ring (bicyclic) bond motifs is 2. The van der Waals surface area contributed by atoms with Crippen molar-refractivity contribution in [3.05, 3.63) is 84.4 Å². The van der Waals surface area contributed by atoms with E-state index in [-0.39, 0.29) is 11.0 Å². The van der Waals surface area contributed by atoms with Gasteiger partial charge < -0.3 is 14.5 Å². The van der Waals surface area contributed by atoms with Crippen LogP contribution in [0.4, 0.5) is 10.5 Å². The third kappa shape index (κ3) is 6.18. The van der Waals surface area contributed by atoms with Crippen molar-refractivity contribution in [1.29, 1.82) is 0 Å². The molecule has 1 heterocycles. The predicted molar refractivity (Wildman–Crippen MR) is 157 cm³/mol. The quantitative estimate of drug-likeness (QED) is 0.343. The van der Waals surface area contributed by atoms with Crippen molar-refractivity contribution >= 4 is 43.3 Å². The van der Waals surface area contributed by atoms with Gasteiger partial charge in [0.25, 0.3) is 0 Å². The lowest BCUT2D eigenvalue weighted by Crippen LogP contribution is -2.50. The number of carbonyl (C=O) groups excluding carboxylic acids is 1. The Labute approximate surface area is 230 Å². The van der Waals surface area contributed by atoms with Crippen LogP contribution < -0.4 is 9.62 Å². The highest BCUT2D eigenvalue weighted by atomic mass is 32.2. The van der Waals surface area contributed by atoms with Crippen LogP contribution in [-0.4, -0.2) is 57.7 Å². The highest BCUT2D eigenvalue weighted by Gasteiger charge is 2.26. The Morgan fingerprint density at radius 3 is 2.23 bits per heavy atom. The lowest BCUT2D eigenvalue weighted by Gasteiger charge is -2.37. The molecule has 0 spiro atoms. The van der Waals surface area contributed by atoms with Crippen molar-refractivity contribution in [2.75, 3.05) is 37.6 Å². The van der Waals surface area contributed by atoms with E-state index in [1.54, 1.807) is 17.0 Å². The molecule has 1 aliphatic rings. The van der Waals surface area contributed by atoms with Gasteiger partial charge in [0.2, 0.25) is 10.0 Å². The topological polar surface area (TPSA) is 79.0 Å². The molecule has 8 heteroatoms. The molecule has 0 bridgehead atoms. The number of benzene rings is 4. The number of nitrogens with one attached hydrogen (secondary N) is 1. The van der Waals surface area contributed by atoms with Gasteiger partial charge in [-0.05, 0) is 67.1 Å². The number of amides is 1. The average Bonchev–Trinajstić information content (AvgIpc) is 2.92. The molecule has 0 aromatic heterocycles. The number of nitrogens with zero attached hydrogens (tertiary/aromatic N) is 2. The Bertz CT molecular complexity index is 1600. The molecule has 4 aromatic rings. The summed E-state index contributed by atoms with van der Waals surface area (Å²) in [5.74, 6) is 0. The molecule has 1 aliphatic heterocycles. The SMILES string of the molecule is CC(C)(C)OC(=O)N1CCN(c2ccc(CCNS(=O)(=O)c3ccc4ccccc4c3)c3ccccc23)CC1. The van der Waals surface area contributed by atoms with Crippen molar-refractivity contribution in [1.82, 2.24) is 9.62 Å². The normalized spacial score (nSPS) is 14.6. The van der Waals surface area contributed by atoms with Crippen molar-refractivity contribution in [2.45, 2.75) is 37.7 Å². The van der Waals surface area contributed by atoms with Crippen molar-refractivity contribution in [3.63, 3.8) is 0 Å². The van der Waals surface area contributed by atoms with Crippen molar-refractivity contribution in [2.24, 2.45) is 0 Å². The van der Waals surface area contributed by atoms with Crippen molar-refractivity contribution < 1.29 is 17.9 Å². The summed E-state index contributed by atoms with van der Waals surface area (Å²) >= 11 is 0. The molecule has 0 unspecified atom stereocenters. The maximum atomic E-state index is 13.0. The highest BCUT2D eigenvalue weighted by Crippen LogP contribution is 2.31. The van der Waals surface area contributed by atoms with E-state index in [0.29, 0.717) is 39.1 Å². The molecule has 0 atom stereocenters. The average molecular weight is 546 g/mol. The first-order valence-electron chi connectivity index (χ1n) is 13.3. The summed E-state index contributed by atoms with van der Waals surface area (Å²) in [7, 11) is -3.62. The largest absolute Gasteiger partial charge is 0.444 e. The first-order chi connectivity index (χ1) is 18.6. The summed E-state index contributed by atoms with van der Waals surface area (Å²) in [5.41, 5.74) is 1.70. The Kier molecular flexibility index (Phi) is 7.51. The summed E-state index contributed by atoms with van der Waals surface area (Å²) in [6, 6.07) is 25.3. The minimum atomic E-state index is -3.62. The maximum absolute atomic E-state index is 13.0. The molecule has 7 nitrogen and oxygen atoms in total. The summed E-state index contributed by atoms with van der Waals surface area (Å²) in [6.45, 7) is 8.56. The minimum Gasteiger partial charge on any atom is -0.444 e. The Morgan fingerprint density at radius 2 is 1.51 bits per heavy atom. The van der Waals surface area contributed by atoms with Crippen LogP contribution in [0.5, 0.6) is 0 Å². The number of rotatable bonds is 6. The molecular formula is C31H35N3O4S. The molecule has 5 rings (SSSR count). The minimum absolute atomic E-state index is 0.270. The van der Waals surface area contributed by atoms with E-state index >= 15 is 0 Å². The van der Waals surface area contributed by atoms with Crippen LogP contribution in [0, 0.1) is 0 Å². The van der Waals surface area contributed by atoms with E-state index in [1.807, 2.05) is 63.2 Å². The van der Waals surface area contributed by atoms with Crippen LogP contribution in [-0.2, 0) is 21.2 Å². The first-order valence-corrected chi connectivity index (χ1v) is 14.8. The Morgan fingerprint density at radius 1 is 0.846 bits per heavy atom. The lowest BCUT2D eigenvalue weighted by molar-refractivity contribution is 0.0240. The van der Waals surface area contributed by atoms with Gasteiger partial charge in [-0.25, -0.2) is 17.9 Å². The van der Waals surface area contributed by atoms with Gasteiger partial charge in [-0.3, -0.25) is 0 Å². The van der Waals surface area contributed by atoms with E-state index in [4.69, 9.17) is 4.74 Å². The Hall–Kier alpha value is -3.62. The van der Waals surface area contributed by atoms with Crippen LogP contribution in [0.25, 0.3) is 21.5 Å². The summed E-state index contributed by atoms with van der Waals surface area (Å²) in [4.78, 5) is 16.8. The number of hydrogen-bond donors (Lipinski definition) is 1. The second-order valence-electron chi connectivity index (χ2n) is 10.9. The smallest absolute Gasteiger partial charge is 0.410 e. The number of hydrogen-bond acceptors (Lipinski definition) is 5. The standard InChI is InChI=1S/C31H35N3O4S/c1-31(2,3)38-30(35)34-20-18-33(19-21-34)29-15-13-24(27-10-6-7-11-28(27)29)16-17-32-39(36,37)26-14-12-23-8-4-5-9-25(23)22-26/h4-15,22,32H,16-21H2,1-3H3. The van der Waals surface area contributed by atoms with Crippen LogP contribution >= 0.6 is 0 Å². The van der Waals surface area contributed by atoms with Gasteiger partial charge in [0.1, 0.15) is 5.60 Å². The fraction of sp³-hybridized carbons (Fsp3) is 0.323. The van der Waals surface area contributed by atoms with Crippen LogP contribution in [0.1, 0.15) is 26.3 Å². The van der Waals surface area contributed by atoms with Crippen LogP contribution in [0.2, 0.25) is 0 Å². The molecule has 0 aliphatic carbocycles. The highest BCUT2D eigenvalue weighted by molar-refractivity contribution is 7.89. The van der Waals surface area contributed by atoms with Crippen LogP contribution in [0.3, 0.4) is 0 Å². The molecule has 0 radical (unpaired) electrons. The predicted octanol–water partition coefficient (Wildman–Crippen LogP) is 5.57. The maximum Gasteiger partial charge on any atom is 0.410 e. The van der Waals surface area contributed by atoms with Gasteiger partial charge >= 0.3 is 6.09 Å². The fourth-order valence-corrected chi connectivity index (χ4v) is 6.10. The number of sulfonamides is 1. The zero-order valence-corrected chi connectivity index (χ0v) is 23.5. The zero-order valence-electron chi connectivity index (χ0n) is 22.7. The fourth-order valence-electron chi connectivity index (χ4n) is 5.03. The number of anilines is 1. The lowest BCUT2D eigenvalue weighted by atomic mass is 10.00. The molecular weight excluding hydrogens is 510 g/mol. The van der Waals surface area contributed by atoms with Gasteiger partial charge in [-0.2, -0.15) is 0 Å². The zero-order chi connectivity index (χ0) is 27.6. The van der Waals surface area contributed by atoms with Crippen molar-refractivity contribution in [3.8, 4) is 0 Å². The summed E-state index contributed by atoms with van der Waals surface area (Å²) in [6.07, 6.45) is 0.300. The molecule has 4 aromatic carbocycles. The third-order valence-electron chi connectivity index (χ3n) is 6.98. The second kappa shape index (κ2) is 10.9. The number of carbonyl (C=O) groups is 1. The molecule has 1 N–H and O–H groups in total. The van der Waals surface area contributed by atoms with E-state index in [2.05, 4.69) is 33.9 Å². The molecule has 0 saturated carbocycles. The monoisotopic (exact) mass is 545 g/mol.